The van der Waals surface area contributed by atoms with Crippen LogP contribution in [0, 0.1) is 5.82 Å². The minimum Gasteiger partial charge on any atom is -0.344 e. The van der Waals surface area contributed by atoms with Crippen LogP contribution in [0.1, 0.15) is 5.56 Å². The standard InChI is InChI=1S/C9H8F4N2O3S/c10-7-2-1-6(19(14,17)18)3-5(7)4-15-8(16)9(11,12)13/h1-3H,4H2,(H,15,16)(H2,14,17,18). The molecule has 0 heterocycles. The van der Waals surface area contributed by atoms with Crippen LogP contribution in [-0.4, -0.2) is 20.5 Å². The monoisotopic (exact) mass is 300 g/mol. The molecule has 0 aromatic heterocycles. The van der Waals surface area contributed by atoms with Gasteiger partial charge in [-0.05, 0) is 18.2 Å². The summed E-state index contributed by atoms with van der Waals surface area (Å²) < 4.78 is 70.9. The molecule has 0 saturated carbocycles. The highest BCUT2D eigenvalue weighted by Gasteiger charge is 2.38. The zero-order chi connectivity index (χ0) is 14.8. The highest BCUT2D eigenvalue weighted by molar-refractivity contribution is 7.89. The SMILES string of the molecule is NS(=O)(=O)c1ccc(F)c(CNC(=O)C(F)(F)F)c1. The number of carbonyl (C=O) groups excluding carboxylic acids is 1. The number of halogens is 4. The molecule has 10 heteroatoms. The minimum atomic E-state index is -5.10. The van der Waals surface area contributed by atoms with Crippen LogP contribution >= 0.6 is 0 Å². The van der Waals surface area contributed by atoms with E-state index >= 15 is 0 Å². The summed E-state index contributed by atoms with van der Waals surface area (Å²) in [6.07, 6.45) is -5.10. The Morgan fingerprint density at radius 3 is 2.37 bits per heavy atom. The third-order valence-electron chi connectivity index (χ3n) is 2.04. The Bertz CT molecular complexity index is 598. The number of nitrogens with one attached hydrogen (secondary N) is 1. The van der Waals surface area contributed by atoms with Gasteiger partial charge in [0.25, 0.3) is 0 Å². The number of benzene rings is 1. The summed E-state index contributed by atoms with van der Waals surface area (Å²) in [5.41, 5.74) is -0.427. The molecule has 0 unspecified atom stereocenters. The molecule has 3 N–H and O–H groups in total. The second-order valence-corrected chi connectivity index (χ2v) is 5.04. The van der Waals surface area contributed by atoms with E-state index in [0.29, 0.717) is 0 Å². The van der Waals surface area contributed by atoms with Gasteiger partial charge in [-0.15, -0.1) is 0 Å². The predicted octanol–water partition coefficient (Wildman–Crippen LogP) is 0.652. The summed E-state index contributed by atoms with van der Waals surface area (Å²) in [5.74, 6) is -3.22. The molecule has 0 saturated heterocycles. The van der Waals surface area contributed by atoms with Crippen molar-refractivity contribution in [1.29, 1.82) is 0 Å². The molecule has 5 nitrogen and oxygen atoms in total. The van der Waals surface area contributed by atoms with E-state index in [1.54, 1.807) is 0 Å². The number of alkyl halides is 3. The first-order valence-electron chi connectivity index (χ1n) is 4.68. The molecule has 0 aliphatic heterocycles. The smallest absolute Gasteiger partial charge is 0.344 e. The fourth-order valence-electron chi connectivity index (χ4n) is 1.14. The normalized spacial score (nSPS) is 12.3. The number of nitrogens with two attached hydrogens (primary N) is 1. The number of amides is 1. The Morgan fingerprint density at radius 2 is 1.89 bits per heavy atom. The van der Waals surface area contributed by atoms with Gasteiger partial charge < -0.3 is 5.32 Å². The Morgan fingerprint density at radius 1 is 1.32 bits per heavy atom. The Labute approximate surface area is 105 Å². The third kappa shape index (κ3) is 4.17. The van der Waals surface area contributed by atoms with Crippen LogP contribution in [0.3, 0.4) is 0 Å². The minimum absolute atomic E-state index is 0.427. The van der Waals surface area contributed by atoms with Crippen molar-refractivity contribution in [3.63, 3.8) is 0 Å². The summed E-state index contributed by atoms with van der Waals surface area (Å²) in [4.78, 5) is 10.1. The summed E-state index contributed by atoms with van der Waals surface area (Å²) in [5, 5.41) is 6.20. The van der Waals surface area contributed by atoms with Crippen molar-refractivity contribution in [3.05, 3.63) is 29.6 Å². The summed E-state index contributed by atoms with van der Waals surface area (Å²) in [7, 11) is -4.11. The first-order chi connectivity index (χ1) is 8.51. The lowest BCUT2D eigenvalue weighted by molar-refractivity contribution is -0.173. The van der Waals surface area contributed by atoms with Crippen LogP contribution in [0.5, 0.6) is 0 Å². The largest absolute Gasteiger partial charge is 0.471 e. The fourth-order valence-corrected chi connectivity index (χ4v) is 1.70. The Balaban J connectivity index is 2.93. The van der Waals surface area contributed by atoms with E-state index in [1.165, 1.54) is 5.32 Å². The Kier molecular flexibility index (Phi) is 4.15. The molecule has 0 spiro atoms. The maximum atomic E-state index is 13.2. The van der Waals surface area contributed by atoms with E-state index < -0.39 is 44.9 Å². The van der Waals surface area contributed by atoms with Crippen LogP contribution in [0.2, 0.25) is 0 Å². The van der Waals surface area contributed by atoms with Crippen LogP contribution < -0.4 is 10.5 Å². The average Bonchev–Trinajstić information content (AvgIpc) is 2.24. The van der Waals surface area contributed by atoms with Crippen LogP contribution in [0.15, 0.2) is 23.1 Å². The number of hydrogen-bond acceptors (Lipinski definition) is 3. The van der Waals surface area contributed by atoms with Crippen molar-refractivity contribution in [2.75, 3.05) is 0 Å². The van der Waals surface area contributed by atoms with Crippen molar-refractivity contribution in [2.45, 2.75) is 17.6 Å². The summed E-state index contributed by atoms with van der Waals surface area (Å²) >= 11 is 0. The molecular weight excluding hydrogens is 292 g/mol. The molecule has 1 rings (SSSR count). The van der Waals surface area contributed by atoms with E-state index in [2.05, 4.69) is 0 Å². The first-order valence-corrected chi connectivity index (χ1v) is 6.22. The molecule has 0 atom stereocenters. The van der Waals surface area contributed by atoms with Gasteiger partial charge in [-0.25, -0.2) is 17.9 Å². The quantitative estimate of drug-likeness (QED) is 0.803. The number of primary sulfonamides is 1. The number of carbonyl (C=O) groups is 1. The molecule has 0 aliphatic carbocycles. The van der Waals surface area contributed by atoms with Crippen LogP contribution in [0.4, 0.5) is 17.6 Å². The molecule has 19 heavy (non-hydrogen) atoms. The number of sulfonamides is 1. The second kappa shape index (κ2) is 5.13. The molecule has 1 amide bonds. The van der Waals surface area contributed by atoms with E-state index in [4.69, 9.17) is 5.14 Å². The van der Waals surface area contributed by atoms with Gasteiger partial charge in [-0.1, -0.05) is 0 Å². The lowest BCUT2D eigenvalue weighted by Gasteiger charge is -2.09. The van der Waals surface area contributed by atoms with Crippen molar-refractivity contribution in [1.82, 2.24) is 5.32 Å². The predicted molar refractivity (Wildman–Crippen MR) is 55.7 cm³/mol. The zero-order valence-electron chi connectivity index (χ0n) is 9.16. The topological polar surface area (TPSA) is 89.3 Å². The zero-order valence-corrected chi connectivity index (χ0v) is 9.98. The lowest BCUT2D eigenvalue weighted by Crippen LogP contribution is -2.36. The van der Waals surface area contributed by atoms with Gasteiger partial charge in [0.05, 0.1) is 4.90 Å². The molecule has 106 valence electrons. The maximum absolute atomic E-state index is 13.2. The molecule has 1 aromatic carbocycles. The molecular formula is C9H8F4N2O3S. The van der Waals surface area contributed by atoms with Crippen molar-refractivity contribution in [3.8, 4) is 0 Å². The van der Waals surface area contributed by atoms with Crippen LogP contribution in [-0.2, 0) is 21.4 Å². The van der Waals surface area contributed by atoms with E-state index in [1.807, 2.05) is 0 Å². The fraction of sp³-hybridized carbons (Fsp3) is 0.222. The number of hydrogen-bond donors (Lipinski definition) is 2. The average molecular weight is 300 g/mol. The molecule has 0 fully saturated rings. The van der Waals surface area contributed by atoms with Crippen LogP contribution in [0.25, 0.3) is 0 Å². The molecule has 0 radical (unpaired) electrons. The maximum Gasteiger partial charge on any atom is 0.471 e. The van der Waals surface area contributed by atoms with Gasteiger partial charge in [-0.3, -0.25) is 4.79 Å². The molecule has 0 aliphatic rings. The first kappa shape index (κ1) is 15.4. The van der Waals surface area contributed by atoms with Gasteiger partial charge in [0.1, 0.15) is 5.82 Å². The second-order valence-electron chi connectivity index (χ2n) is 3.48. The molecule has 0 bridgehead atoms. The Hall–Kier alpha value is -1.68. The van der Waals surface area contributed by atoms with Crippen molar-refractivity contribution < 1.29 is 30.8 Å². The molecule has 1 aromatic rings. The van der Waals surface area contributed by atoms with Gasteiger partial charge in [0, 0.05) is 12.1 Å². The summed E-state index contributed by atoms with van der Waals surface area (Å²) in [6.45, 7) is -0.812. The highest BCUT2D eigenvalue weighted by atomic mass is 32.2. The summed E-state index contributed by atoms with van der Waals surface area (Å²) in [6, 6.07) is 2.34. The van der Waals surface area contributed by atoms with Crippen molar-refractivity contribution >= 4 is 15.9 Å². The highest BCUT2D eigenvalue weighted by Crippen LogP contribution is 2.16. The lowest BCUT2D eigenvalue weighted by atomic mass is 10.2. The van der Waals surface area contributed by atoms with Crippen molar-refractivity contribution in [2.24, 2.45) is 5.14 Å². The van der Waals surface area contributed by atoms with Gasteiger partial charge >= 0.3 is 12.1 Å². The van der Waals surface area contributed by atoms with E-state index in [9.17, 15) is 30.8 Å². The van der Waals surface area contributed by atoms with Gasteiger partial charge in [-0.2, -0.15) is 13.2 Å². The van der Waals surface area contributed by atoms with E-state index in [0.717, 1.165) is 18.2 Å². The van der Waals surface area contributed by atoms with Gasteiger partial charge in [0.2, 0.25) is 10.0 Å². The van der Waals surface area contributed by atoms with Gasteiger partial charge in [0.15, 0.2) is 0 Å². The van der Waals surface area contributed by atoms with E-state index in [-0.39, 0.29) is 0 Å². The third-order valence-corrected chi connectivity index (χ3v) is 2.95. The number of rotatable bonds is 3.